The smallest absolute Gasteiger partial charge is 0.414 e. The summed E-state index contributed by atoms with van der Waals surface area (Å²) in [6.45, 7) is 0.741. The normalized spacial score (nSPS) is 12.8. The minimum absolute atomic E-state index is 0.313. The maximum absolute atomic E-state index is 12.7. The summed E-state index contributed by atoms with van der Waals surface area (Å²) >= 11 is 0. The molecule has 4 amide bonds. The first-order chi connectivity index (χ1) is 15.1. The lowest BCUT2D eigenvalue weighted by atomic mass is 10.1. The third-order valence-corrected chi connectivity index (χ3v) is 4.64. The quantitative estimate of drug-likeness (QED) is 0.569. The molecule has 31 heavy (non-hydrogen) atoms. The number of urea groups is 1. The maximum Gasteiger partial charge on any atom is 0.414 e. The van der Waals surface area contributed by atoms with Crippen LogP contribution >= 0.6 is 0 Å². The van der Waals surface area contributed by atoms with Crippen molar-refractivity contribution in [1.29, 1.82) is 0 Å². The lowest BCUT2D eigenvalue weighted by Gasteiger charge is -2.17. The van der Waals surface area contributed by atoms with Crippen LogP contribution in [0.5, 0.6) is 0 Å². The fourth-order valence-corrected chi connectivity index (χ4v) is 3.14. The number of carbonyl (C=O) groups is 3. The van der Waals surface area contributed by atoms with Gasteiger partial charge in [0.1, 0.15) is 6.61 Å². The highest BCUT2D eigenvalue weighted by molar-refractivity contribution is 6.08. The van der Waals surface area contributed by atoms with Crippen molar-refractivity contribution in [3.8, 4) is 0 Å². The Labute approximate surface area is 178 Å². The lowest BCUT2D eigenvalue weighted by Crippen LogP contribution is -2.25. The first-order valence-electron chi connectivity index (χ1n) is 9.68. The van der Waals surface area contributed by atoms with E-state index >= 15 is 0 Å². The number of nitrogens with one attached hydrogen (secondary N) is 3. The van der Waals surface area contributed by atoms with Crippen LogP contribution in [0, 0.1) is 0 Å². The number of carbonyl (C=O) groups excluding carboxylic acids is 3. The van der Waals surface area contributed by atoms with E-state index in [-0.39, 0.29) is 11.9 Å². The van der Waals surface area contributed by atoms with Crippen LogP contribution in [0.1, 0.15) is 10.4 Å². The van der Waals surface area contributed by atoms with Crippen molar-refractivity contribution in [3.63, 3.8) is 0 Å². The Bertz CT molecular complexity index is 1100. The zero-order valence-electron chi connectivity index (χ0n) is 16.5. The zero-order valence-corrected chi connectivity index (χ0v) is 16.5. The van der Waals surface area contributed by atoms with Gasteiger partial charge in [-0.1, -0.05) is 30.3 Å². The SMILES string of the molecule is O=C(Nc1ccccc1)Nc1ccc(C(=O)Nc2ccccc2N2CCOC2=O)cc1. The number of amides is 4. The molecule has 0 atom stereocenters. The van der Waals surface area contributed by atoms with E-state index in [2.05, 4.69) is 16.0 Å². The molecule has 1 heterocycles. The molecular weight excluding hydrogens is 396 g/mol. The van der Waals surface area contributed by atoms with Crippen molar-refractivity contribution in [2.75, 3.05) is 34.0 Å². The molecule has 0 aliphatic carbocycles. The van der Waals surface area contributed by atoms with Gasteiger partial charge in [0.2, 0.25) is 0 Å². The molecule has 1 aliphatic rings. The number of cyclic esters (lactones) is 1. The topological polar surface area (TPSA) is 99.8 Å². The Morgan fingerprint density at radius 3 is 2.10 bits per heavy atom. The molecule has 156 valence electrons. The van der Waals surface area contributed by atoms with Crippen molar-refractivity contribution in [2.45, 2.75) is 0 Å². The highest BCUT2D eigenvalue weighted by atomic mass is 16.6. The number of hydrogen-bond donors (Lipinski definition) is 3. The van der Waals surface area contributed by atoms with E-state index in [1.165, 1.54) is 4.90 Å². The van der Waals surface area contributed by atoms with Gasteiger partial charge in [0.25, 0.3) is 5.91 Å². The molecular formula is C23H20N4O4. The molecule has 1 saturated heterocycles. The van der Waals surface area contributed by atoms with Crippen LogP contribution in [0.3, 0.4) is 0 Å². The summed E-state index contributed by atoms with van der Waals surface area (Å²) < 4.78 is 4.98. The van der Waals surface area contributed by atoms with Gasteiger partial charge >= 0.3 is 12.1 Å². The number of hydrogen-bond acceptors (Lipinski definition) is 4. The summed E-state index contributed by atoms with van der Waals surface area (Å²) in [5.74, 6) is -0.333. The minimum atomic E-state index is -0.439. The lowest BCUT2D eigenvalue weighted by molar-refractivity contribution is 0.102. The maximum atomic E-state index is 12.7. The van der Waals surface area contributed by atoms with Gasteiger partial charge in [-0.3, -0.25) is 9.69 Å². The number of para-hydroxylation sites is 3. The Morgan fingerprint density at radius 2 is 1.42 bits per heavy atom. The molecule has 0 bridgehead atoms. The number of rotatable bonds is 5. The monoisotopic (exact) mass is 416 g/mol. The van der Waals surface area contributed by atoms with E-state index in [0.29, 0.717) is 41.5 Å². The van der Waals surface area contributed by atoms with Gasteiger partial charge in [0, 0.05) is 16.9 Å². The Hall–Kier alpha value is -4.33. The Balaban J connectivity index is 1.40. The number of anilines is 4. The standard InChI is InChI=1S/C23H20N4O4/c28-21(26-19-8-4-5-9-20(19)27-14-15-31-23(27)30)16-10-12-18(13-11-16)25-22(29)24-17-6-2-1-3-7-17/h1-13H,14-15H2,(H,26,28)(H2,24,25,29). The van der Waals surface area contributed by atoms with E-state index in [1.54, 1.807) is 60.7 Å². The molecule has 3 aromatic carbocycles. The van der Waals surface area contributed by atoms with Crippen molar-refractivity contribution >= 4 is 40.8 Å². The van der Waals surface area contributed by atoms with Gasteiger partial charge in [-0.2, -0.15) is 0 Å². The molecule has 8 heteroatoms. The second-order valence-corrected chi connectivity index (χ2v) is 6.76. The van der Waals surface area contributed by atoms with Crippen LogP contribution in [0.15, 0.2) is 78.9 Å². The Kier molecular flexibility index (Phi) is 5.79. The van der Waals surface area contributed by atoms with Crippen LogP contribution in [0.4, 0.5) is 32.3 Å². The van der Waals surface area contributed by atoms with E-state index in [1.807, 2.05) is 18.2 Å². The minimum Gasteiger partial charge on any atom is -0.447 e. The van der Waals surface area contributed by atoms with E-state index in [4.69, 9.17) is 4.74 Å². The first-order valence-corrected chi connectivity index (χ1v) is 9.68. The molecule has 4 rings (SSSR count). The molecule has 1 fully saturated rings. The van der Waals surface area contributed by atoms with E-state index < -0.39 is 6.09 Å². The number of ether oxygens (including phenoxy) is 1. The molecule has 0 radical (unpaired) electrons. The summed E-state index contributed by atoms with van der Waals surface area (Å²) in [6.07, 6.45) is -0.439. The predicted molar refractivity (Wildman–Crippen MR) is 119 cm³/mol. The molecule has 3 aromatic rings. The van der Waals surface area contributed by atoms with Gasteiger partial charge in [-0.25, -0.2) is 9.59 Å². The van der Waals surface area contributed by atoms with E-state index in [9.17, 15) is 14.4 Å². The molecule has 0 unspecified atom stereocenters. The Morgan fingerprint density at radius 1 is 0.774 bits per heavy atom. The molecule has 0 spiro atoms. The van der Waals surface area contributed by atoms with E-state index in [0.717, 1.165) is 0 Å². The highest BCUT2D eigenvalue weighted by Crippen LogP contribution is 2.28. The van der Waals surface area contributed by atoms with Crippen LogP contribution in [-0.2, 0) is 4.74 Å². The van der Waals surface area contributed by atoms with Gasteiger partial charge in [0.05, 0.1) is 17.9 Å². The second-order valence-electron chi connectivity index (χ2n) is 6.76. The largest absolute Gasteiger partial charge is 0.447 e. The summed E-state index contributed by atoms with van der Waals surface area (Å²) in [4.78, 5) is 38.1. The molecule has 0 saturated carbocycles. The third-order valence-electron chi connectivity index (χ3n) is 4.64. The summed E-state index contributed by atoms with van der Waals surface area (Å²) in [5.41, 5.74) is 2.72. The average molecular weight is 416 g/mol. The second kappa shape index (κ2) is 9.00. The average Bonchev–Trinajstić information content (AvgIpc) is 3.21. The van der Waals surface area contributed by atoms with Crippen molar-refractivity contribution in [2.24, 2.45) is 0 Å². The summed E-state index contributed by atoms with van der Waals surface area (Å²) in [7, 11) is 0. The molecule has 0 aromatic heterocycles. The molecule has 3 N–H and O–H groups in total. The number of benzene rings is 3. The van der Waals surface area contributed by atoms with Crippen LogP contribution in [0.2, 0.25) is 0 Å². The van der Waals surface area contributed by atoms with Gasteiger partial charge in [-0.15, -0.1) is 0 Å². The van der Waals surface area contributed by atoms with Crippen LogP contribution < -0.4 is 20.9 Å². The van der Waals surface area contributed by atoms with Gasteiger partial charge in [-0.05, 0) is 48.5 Å². The first kappa shape index (κ1) is 20.0. The van der Waals surface area contributed by atoms with Crippen LogP contribution in [0.25, 0.3) is 0 Å². The summed E-state index contributed by atoms with van der Waals surface area (Å²) in [5, 5.41) is 8.27. The number of nitrogens with zero attached hydrogens (tertiary/aromatic N) is 1. The third kappa shape index (κ3) is 4.81. The molecule has 8 nitrogen and oxygen atoms in total. The van der Waals surface area contributed by atoms with Gasteiger partial charge < -0.3 is 20.7 Å². The van der Waals surface area contributed by atoms with Crippen molar-refractivity contribution in [1.82, 2.24) is 0 Å². The zero-order chi connectivity index (χ0) is 21.6. The highest BCUT2D eigenvalue weighted by Gasteiger charge is 2.26. The fraction of sp³-hybridized carbons (Fsp3) is 0.0870. The van der Waals surface area contributed by atoms with Gasteiger partial charge in [0.15, 0.2) is 0 Å². The molecule has 1 aliphatic heterocycles. The van der Waals surface area contributed by atoms with Crippen molar-refractivity contribution < 1.29 is 19.1 Å². The van der Waals surface area contributed by atoms with Crippen LogP contribution in [-0.4, -0.2) is 31.2 Å². The fourth-order valence-electron chi connectivity index (χ4n) is 3.14. The predicted octanol–water partition coefficient (Wildman–Crippen LogP) is 4.54. The summed E-state index contributed by atoms with van der Waals surface area (Å²) in [6, 6.07) is 22.3. The van der Waals surface area contributed by atoms with Crippen molar-refractivity contribution in [3.05, 3.63) is 84.4 Å².